The van der Waals surface area contributed by atoms with Gasteiger partial charge in [0.15, 0.2) is 11.6 Å². The Labute approximate surface area is 96.3 Å². The fraction of sp³-hybridized carbons (Fsp3) is 0.400. The Balaban J connectivity index is 2.85. The zero-order valence-corrected chi connectivity index (χ0v) is 10.3. The first-order chi connectivity index (χ1) is 6.50. The molecule has 14 heavy (non-hydrogen) atoms. The Morgan fingerprint density at radius 1 is 1.50 bits per heavy atom. The molecule has 0 radical (unpaired) electrons. The molecule has 1 aromatic carbocycles. The first-order valence-electron chi connectivity index (χ1n) is 4.28. The zero-order valence-electron chi connectivity index (χ0n) is 7.98. The third kappa shape index (κ3) is 3.14. The number of hydrogen-bond acceptors (Lipinski definition) is 1. The van der Waals surface area contributed by atoms with Gasteiger partial charge in [0.2, 0.25) is 0 Å². The van der Waals surface area contributed by atoms with Crippen LogP contribution in [-0.4, -0.2) is 6.61 Å². The summed E-state index contributed by atoms with van der Waals surface area (Å²) in [6, 6.07) is 3.07. The lowest BCUT2D eigenvalue weighted by atomic mass is 10.2. The van der Waals surface area contributed by atoms with E-state index in [4.69, 9.17) is 16.3 Å². The van der Waals surface area contributed by atoms with Crippen molar-refractivity contribution < 1.29 is 9.13 Å². The molecule has 0 N–H and O–H groups in total. The lowest BCUT2D eigenvalue weighted by Gasteiger charge is -2.10. The molecule has 1 aromatic rings. The Morgan fingerprint density at radius 2 is 2.14 bits per heavy atom. The van der Waals surface area contributed by atoms with Crippen molar-refractivity contribution in [1.82, 2.24) is 0 Å². The van der Waals surface area contributed by atoms with Crippen molar-refractivity contribution in [2.75, 3.05) is 6.61 Å². The van der Waals surface area contributed by atoms with Crippen LogP contribution in [0, 0.1) is 11.7 Å². The fourth-order valence-electron chi connectivity index (χ4n) is 0.894. The van der Waals surface area contributed by atoms with E-state index in [0.29, 0.717) is 17.0 Å². The highest BCUT2D eigenvalue weighted by atomic mass is 79.9. The van der Waals surface area contributed by atoms with Gasteiger partial charge in [-0.25, -0.2) is 4.39 Å². The SMILES string of the molecule is CC(C)COc1cc(Br)cc(Cl)c1F. The third-order valence-corrected chi connectivity index (χ3v) is 2.26. The second kappa shape index (κ2) is 4.99. The molecule has 0 aromatic heterocycles. The first-order valence-corrected chi connectivity index (χ1v) is 5.45. The van der Waals surface area contributed by atoms with E-state index in [2.05, 4.69) is 15.9 Å². The number of hydrogen-bond donors (Lipinski definition) is 0. The van der Waals surface area contributed by atoms with Gasteiger partial charge in [0.1, 0.15) is 0 Å². The molecule has 0 unspecified atom stereocenters. The van der Waals surface area contributed by atoms with E-state index < -0.39 is 5.82 Å². The van der Waals surface area contributed by atoms with Crippen LogP contribution in [0.25, 0.3) is 0 Å². The largest absolute Gasteiger partial charge is 0.490 e. The number of rotatable bonds is 3. The van der Waals surface area contributed by atoms with Crippen LogP contribution in [0.15, 0.2) is 16.6 Å². The second-order valence-electron chi connectivity index (χ2n) is 3.40. The van der Waals surface area contributed by atoms with Gasteiger partial charge in [-0.2, -0.15) is 0 Å². The minimum Gasteiger partial charge on any atom is -0.490 e. The van der Waals surface area contributed by atoms with Crippen molar-refractivity contribution in [1.29, 1.82) is 0 Å². The first kappa shape index (κ1) is 11.8. The summed E-state index contributed by atoms with van der Waals surface area (Å²) in [6.07, 6.45) is 0. The molecule has 4 heteroatoms. The van der Waals surface area contributed by atoms with Gasteiger partial charge in [-0.3, -0.25) is 0 Å². The van der Waals surface area contributed by atoms with Crippen molar-refractivity contribution in [3.05, 3.63) is 27.4 Å². The maximum absolute atomic E-state index is 13.4. The van der Waals surface area contributed by atoms with Gasteiger partial charge in [-0.1, -0.05) is 41.4 Å². The van der Waals surface area contributed by atoms with Crippen LogP contribution in [0.4, 0.5) is 4.39 Å². The van der Waals surface area contributed by atoms with Gasteiger partial charge < -0.3 is 4.74 Å². The van der Waals surface area contributed by atoms with Crippen LogP contribution in [0.3, 0.4) is 0 Å². The zero-order chi connectivity index (χ0) is 10.7. The molecule has 0 aliphatic rings. The molecule has 0 atom stereocenters. The summed E-state index contributed by atoms with van der Waals surface area (Å²) in [6.45, 7) is 4.47. The van der Waals surface area contributed by atoms with E-state index in [-0.39, 0.29) is 10.8 Å². The van der Waals surface area contributed by atoms with Crippen LogP contribution in [0.1, 0.15) is 13.8 Å². The smallest absolute Gasteiger partial charge is 0.183 e. The molecule has 0 amide bonds. The van der Waals surface area contributed by atoms with Gasteiger partial charge in [0.05, 0.1) is 11.6 Å². The normalized spacial score (nSPS) is 10.7. The van der Waals surface area contributed by atoms with Crippen LogP contribution in [0.5, 0.6) is 5.75 Å². The molecule has 0 aliphatic carbocycles. The molecule has 0 saturated heterocycles. The van der Waals surface area contributed by atoms with E-state index in [1.165, 1.54) is 6.07 Å². The van der Waals surface area contributed by atoms with Crippen molar-refractivity contribution in [3.63, 3.8) is 0 Å². The maximum Gasteiger partial charge on any atom is 0.183 e. The predicted octanol–water partition coefficient (Wildman–Crippen LogP) is 4.28. The Kier molecular flexibility index (Phi) is 4.20. The van der Waals surface area contributed by atoms with Gasteiger partial charge in [-0.05, 0) is 18.1 Å². The maximum atomic E-state index is 13.4. The van der Waals surface area contributed by atoms with Crippen LogP contribution < -0.4 is 4.74 Å². The van der Waals surface area contributed by atoms with Crippen LogP contribution in [-0.2, 0) is 0 Å². The summed E-state index contributed by atoms with van der Waals surface area (Å²) in [4.78, 5) is 0. The van der Waals surface area contributed by atoms with Crippen LogP contribution in [0.2, 0.25) is 5.02 Å². The Bertz CT molecular complexity index is 328. The van der Waals surface area contributed by atoms with Gasteiger partial charge in [0, 0.05) is 4.47 Å². The molecule has 0 aliphatic heterocycles. The number of halogens is 3. The molecule has 0 bridgehead atoms. The molecule has 0 heterocycles. The quantitative estimate of drug-likeness (QED) is 0.752. The van der Waals surface area contributed by atoms with Crippen LogP contribution >= 0.6 is 27.5 Å². The van der Waals surface area contributed by atoms with Gasteiger partial charge >= 0.3 is 0 Å². The molecule has 78 valence electrons. The lowest BCUT2D eigenvalue weighted by Crippen LogP contribution is -2.05. The summed E-state index contributed by atoms with van der Waals surface area (Å²) in [7, 11) is 0. The standard InChI is InChI=1S/C10H11BrClFO/c1-6(2)5-14-9-4-7(11)3-8(12)10(9)13/h3-4,6H,5H2,1-2H3. The van der Waals surface area contributed by atoms with E-state index in [1.807, 2.05) is 13.8 Å². The highest BCUT2D eigenvalue weighted by molar-refractivity contribution is 9.10. The van der Waals surface area contributed by atoms with Crippen molar-refractivity contribution in [2.24, 2.45) is 5.92 Å². The van der Waals surface area contributed by atoms with Crippen molar-refractivity contribution in [3.8, 4) is 5.75 Å². The molecule has 1 rings (SSSR count). The average Bonchev–Trinajstić information content (AvgIpc) is 2.08. The highest BCUT2D eigenvalue weighted by Gasteiger charge is 2.10. The minimum atomic E-state index is -0.504. The summed E-state index contributed by atoms with van der Waals surface area (Å²) >= 11 is 8.87. The Hall–Kier alpha value is -0.280. The molecular weight excluding hydrogens is 270 g/mol. The molecule has 0 fully saturated rings. The highest BCUT2D eigenvalue weighted by Crippen LogP contribution is 2.29. The minimum absolute atomic E-state index is 0.0677. The summed E-state index contributed by atoms with van der Waals surface area (Å²) < 4.78 is 19.3. The molecular formula is C10H11BrClFO. The summed E-state index contributed by atoms with van der Waals surface area (Å²) in [5.41, 5.74) is 0. The van der Waals surface area contributed by atoms with Gasteiger partial charge in [0.25, 0.3) is 0 Å². The van der Waals surface area contributed by atoms with E-state index >= 15 is 0 Å². The third-order valence-electron chi connectivity index (χ3n) is 1.53. The van der Waals surface area contributed by atoms with E-state index in [1.54, 1.807) is 6.07 Å². The second-order valence-corrected chi connectivity index (χ2v) is 4.73. The number of benzene rings is 1. The monoisotopic (exact) mass is 280 g/mol. The fourth-order valence-corrected chi connectivity index (χ4v) is 1.67. The molecule has 0 spiro atoms. The summed E-state index contributed by atoms with van der Waals surface area (Å²) in [5, 5.41) is 0.0677. The summed E-state index contributed by atoms with van der Waals surface area (Å²) in [5.74, 6) is 0.0424. The van der Waals surface area contributed by atoms with E-state index in [9.17, 15) is 4.39 Å². The number of ether oxygens (including phenoxy) is 1. The van der Waals surface area contributed by atoms with Gasteiger partial charge in [-0.15, -0.1) is 0 Å². The topological polar surface area (TPSA) is 9.23 Å². The predicted molar refractivity (Wildman–Crippen MR) is 59.4 cm³/mol. The molecule has 1 nitrogen and oxygen atoms in total. The van der Waals surface area contributed by atoms with Crippen molar-refractivity contribution >= 4 is 27.5 Å². The van der Waals surface area contributed by atoms with Crippen molar-refractivity contribution in [2.45, 2.75) is 13.8 Å². The lowest BCUT2D eigenvalue weighted by molar-refractivity contribution is 0.259. The molecule has 0 saturated carbocycles. The van der Waals surface area contributed by atoms with E-state index in [0.717, 1.165) is 0 Å². The Morgan fingerprint density at radius 3 is 2.71 bits per heavy atom. The average molecular weight is 282 g/mol.